The van der Waals surface area contributed by atoms with E-state index in [9.17, 15) is 4.79 Å². The number of carbonyl (C=O) groups is 1. The van der Waals surface area contributed by atoms with Crippen molar-refractivity contribution in [3.05, 3.63) is 52.3 Å². The van der Waals surface area contributed by atoms with Gasteiger partial charge in [0.15, 0.2) is 0 Å². The number of H-pyrrole nitrogens is 1. The fourth-order valence-electron chi connectivity index (χ4n) is 1.92. The number of aryl methyl sites for hydroxylation is 2. The molecule has 0 saturated carbocycles. The molecule has 0 unspecified atom stereocenters. The van der Waals surface area contributed by atoms with Gasteiger partial charge in [0.2, 0.25) is 0 Å². The lowest BCUT2D eigenvalue weighted by atomic mass is 10.0. The molecule has 5 nitrogen and oxygen atoms in total. The third kappa shape index (κ3) is 3.71. The topological polar surface area (TPSA) is 83.8 Å². The van der Waals surface area contributed by atoms with Gasteiger partial charge in [0.25, 0.3) is 5.91 Å². The summed E-state index contributed by atoms with van der Waals surface area (Å²) in [6, 6.07) is 5.44. The maximum Gasteiger partial charge on any atom is 0.251 e. The fourth-order valence-corrected chi connectivity index (χ4v) is 1.92. The Hall–Kier alpha value is -2.58. The molecule has 0 aliphatic carbocycles. The van der Waals surface area contributed by atoms with Gasteiger partial charge in [-0.2, -0.15) is 5.10 Å². The van der Waals surface area contributed by atoms with Gasteiger partial charge < -0.3 is 11.1 Å². The van der Waals surface area contributed by atoms with Crippen LogP contribution in [0.15, 0.2) is 24.4 Å². The molecular weight excluding hydrogens is 264 g/mol. The molecule has 5 heteroatoms. The number of hydrogen-bond donors (Lipinski definition) is 3. The highest BCUT2D eigenvalue weighted by molar-refractivity contribution is 5.94. The molecule has 1 aromatic heterocycles. The van der Waals surface area contributed by atoms with Gasteiger partial charge in [0.1, 0.15) is 0 Å². The summed E-state index contributed by atoms with van der Waals surface area (Å²) in [5.41, 5.74) is 9.76. The molecule has 0 saturated heterocycles. The van der Waals surface area contributed by atoms with E-state index in [0.717, 1.165) is 22.4 Å². The lowest BCUT2D eigenvalue weighted by Gasteiger charge is -2.06. The molecular formula is C16H18N4O. The third-order valence-electron chi connectivity index (χ3n) is 3.19. The number of aromatic amines is 1. The van der Waals surface area contributed by atoms with Crippen molar-refractivity contribution in [1.82, 2.24) is 15.5 Å². The Labute approximate surface area is 123 Å². The van der Waals surface area contributed by atoms with Gasteiger partial charge in [-0.1, -0.05) is 11.8 Å². The molecule has 0 bridgehead atoms. The summed E-state index contributed by atoms with van der Waals surface area (Å²) in [5.74, 6) is 5.68. The number of nitrogens with zero attached hydrogens (tertiary/aromatic N) is 1. The summed E-state index contributed by atoms with van der Waals surface area (Å²) in [6.07, 6.45) is 1.71. The van der Waals surface area contributed by atoms with Gasteiger partial charge in [-0.15, -0.1) is 0 Å². The molecule has 0 aliphatic heterocycles. The number of rotatable bonds is 3. The second-order valence-electron chi connectivity index (χ2n) is 4.74. The molecule has 0 radical (unpaired) electrons. The van der Waals surface area contributed by atoms with E-state index in [4.69, 9.17) is 5.73 Å². The molecule has 0 fully saturated rings. The van der Waals surface area contributed by atoms with E-state index in [1.807, 2.05) is 26.0 Å². The number of nitrogens with two attached hydrogens (primary N) is 1. The maximum absolute atomic E-state index is 12.1. The summed E-state index contributed by atoms with van der Waals surface area (Å²) in [4.78, 5) is 12.1. The van der Waals surface area contributed by atoms with Crippen LogP contribution in [-0.4, -0.2) is 22.6 Å². The number of carbonyl (C=O) groups excluding carboxylic acids is 1. The second kappa shape index (κ2) is 6.73. The van der Waals surface area contributed by atoms with Crippen molar-refractivity contribution in [2.24, 2.45) is 5.73 Å². The van der Waals surface area contributed by atoms with Crippen molar-refractivity contribution in [1.29, 1.82) is 0 Å². The Kier molecular flexibility index (Phi) is 4.75. The van der Waals surface area contributed by atoms with Crippen molar-refractivity contribution >= 4 is 5.91 Å². The van der Waals surface area contributed by atoms with Gasteiger partial charge in [0, 0.05) is 28.9 Å². The largest absolute Gasteiger partial charge is 0.348 e. The maximum atomic E-state index is 12.1. The van der Waals surface area contributed by atoms with E-state index in [2.05, 4.69) is 27.4 Å². The first-order valence-corrected chi connectivity index (χ1v) is 6.68. The zero-order valence-corrected chi connectivity index (χ0v) is 12.2. The molecule has 0 aliphatic rings. The second-order valence-corrected chi connectivity index (χ2v) is 4.74. The zero-order valence-electron chi connectivity index (χ0n) is 12.2. The minimum absolute atomic E-state index is 0.114. The van der Waals surface area contributed by atoms with Crippen LogP contribution in [0.4, 0.5) is 0 Å². The molecule has 0 spiro atoms. The normalized spacial score (nSPS) is 9.86. The fraction of sp³-hybridized carbons (Fsp3) is 0.250. The Morgan fingerprint density at radius 1 is 1.43 bits per heavy atom. The first-order valence-electron chi connectivity index (χ1n) is 6.68. The van der Waals surface area contributed by atoms with Gasteiger partial charge >= 0.3 is 0 Å². The predicted molar refractivity (Wildman–Crippen MR) is 81.6 cm³/mol. The Bertz CT molecular complexity index is 707. The van der Waals surface area contributed by atoms with Gasteiger partial charge in [-0.3, -0.25) is 9.89 Å². The smallest absolute Gasteiger partial charge is 0.251 e. The van der Waals surface area contributed by atoms with Crippen LogP contribution in [0.25, 0.3) is 0 Å². The number of aromatic nitrogens is 2. The molecule has 1 heterocycles. The number of amides is 1. The standard InChI is InChI=1S/C16H18N4O/c1-11-8-14(6-5-13(11)4-3-7-17)16(21)18-9-15-10-19-20-12(15)2/h5-6,8,10H,7,9,17H2,1-2H3,(H,18,21)(H,19,20). The first kappa shape index (κ1) is 14.8. The third-order valence-corrected chi connectivity index (χ3v) is 3.19. The Morgan fingerprint density at radius 3 is 2.86 bits per heavy atom. The van der Waals surface area contributed by atoms with E-state index >= 15 is 0 Å². The SMILES string of the molecule is Cc1cc(C(=O)NCc2cn[nH]c2C)ccc1C#CCN. The minimum Gasteiger partial charge on any atom is -0.348 e. The van der Waals surface area contributed by atoms with Crippen LogP contribution in [0.5, 0.6) is 0 Å². The summed E-state index contributed by atoms with van der Waals surface area (Å²) < 4.78 is 0. The predicted octanol–water partition coefficient (Wildman–Crippen LogP) is 1.27. The van der Waals surface area contributed by atoms with E-state index in [0.29, 0.717) is 18.7 Å². The van der Waals surface area contributed by atoms with Crippen LogP contribution in [0, 0.1) is 25.7 Å². The molecule has 108 valence electrons. The molecule has 4 N–H and O–H groups in total. The average Bonchev–Trinajstić information content (AvgIpc) is 2.88. The monoisotopic (exact) mass is 282 g/mol. The highest BCUT2D eigenvalue weighted by Gasteiger charge is 2.08. The summed E-state index contributed by atoms with van der Waals surface area (Å²) in [6.45, 7) is 4.63. The summed E-state index contributed by atoms with van der Waals surface area (Å²) in [5, 5.41) is 9.64. The van der Waals surface area contributed by atoms with E-state index < -0.39 is 0 Å². The summed E-state index contributed by atoms with van der Waals surface area (Å²) >= 11 is 0. The Morgan fingerprint density at radius 2 is 2.24 bits per heavy atom. The van der Waals surface area contributed by atoms with Crippen LogP contribution in [0.3, 0.4) is 0 Å². The minimum atomic E-state index is -0.114. The van der Waals surface area contributed by atoms with Crippen LogP contribution in [-0.2, 0) is 6.54 Å². The van der Waals surface area contributed by atoms with Crippen molar-refractivity contribution in [3.8, 4) is 11.8 Å². The quantitative estimate of drug-likeness (QED) is 0.741. The molecule has 21 heavy (non-hydrogen) atoms. The summed E-state index contributed by atoms with van der Waals surface area (Å²) in [7, 11) is 0. The molecule has 2 rings (SSSR count). The van der Waals surface area contributed by atoms with Crippen LogP contribution >= 0.6 is 0 Å². The molecule has 2 aromatic rings. The van der Waals surface area contributed by atoms with E-state index in [1.165, 1.54) is 0 Å². The molecule has 1 aromatic carbocycles. The van der Waals surface area contributed by atoms with Crippen molar-refractivity contribution < 1.29 is 4.79 Å². The van der Waals surface area contributed by atoms with Gasteiger partial charge in [-0.25, -0.2) is 0 Å². The van der Waals surface area contributed by atoms with E-state index in [1.54, 1.807) is 12.3 Å². The van der Waals surface area contributed by atoms with Crippen molar-refractivity contribution in [2.75, 3.05) is 6.54 Å². The van der Waals surface area contributed by atoms with Crippen LogP contribution in [0.2, 0.25) is 0 Å². The van der Waals surface area contributed by atoms with Crippen molar-refractivity contribution in [2.45, 2.75) is 20.4 Å². The first-order chi connectivity index (χ1) is 10.1. The number of nitrogens with one attached hydrogen (secondary N) is 2. The highest BCUT2D eigenvalue weighted by atomic mass is 16.1. The number of benzene rings is 1. The van der Waals surface area contributed by atoms with Crippen LogP contribution < -0.4 is 11.1 Å². The Balaban J connectivity index is 2.06. The highest BCUT2D eigenvalue weighted by Crippen LogP contribution is 2.10. The van der Waals surface area contributed by atoms with Crippen LogP contribution in [0.1, 0.15) is 32.7 Å². The average molecular weight is 282 g/mol. The van der Waals surface area contributed by atoms with Crippen molar-refractivity contribution in [3.63, 3.8) is 0 Å². The van der Waals surface area contributed by atoms with Gasteiger partial charge in [-0.05, 0) is 37.6 Å². The van der Waals surface area contributed by atoms with Gasteiger partial charge in [0.05, 0.1) is 12.7 Å². The van der Waals surface area contributed by atoms with E-state index in [-0.39, 0.29) is 5.91 Å². The zero-order chi connectivity index (χ0) is 15.2. The molecule has 1 amide bonds. The lowest BCUT2D eigenvalue weighted by molar-refractivity contribution is 0.0951. The molecule has 0 atom stereocenters. The lowest BCUT2D eigenvalue weighted by Crippen LogP contribution is -2.23. The number of hydrogen-bond acceptors (Lipinski definition) is 3.